The van der Waals surface area contributed by atoms with E-state index in [2.05, 4.69) is 49.4 Å². The van der Waals surface area contributed by atoms with Crippen molar-refractivity contribution in [3.05, 3.63) is 53.6 Å². The highest BCUT2D eigenvalue weighted by atomic mass is 32.1. The third-order valence-corrected chi connectivity index (χ3v) is 5.45. The molecule has 0 unspecified atom stereocenters. The predicted octanol–water partition coefficient (Wildman–Crippen LogP) is 7.30. The quantitative estimate of drug-likeness (QED) is 0.541. The number of benzene rings is 2. The molecule has 1 aliphatic carbocycles. The van der Waals surface area contributed by atoms with Gasteiger partial charge in [-0.1, -0.05) is 75.6 Å². The van der Waals surface area contributed by atoms with Crippen LogP contribution in [0, 0.1) is 0 Å². The molecule has 3 rings (SSSR count). The Morgan fingerprint density at radius 2 is 1.70 bits per heavy atom. The summed E-state index contributed by atoms with van der Waals surface area (Å²) in [5.74, 6) is 0.745. The van der Waals surface area contributed by atoms with E-state index in [1.807, 2.05) is 0 Å². The van der Waals surface area contributed by atoms with Gasteiger partial charge in [-0.15, -0.1) is 0 Å². The third kappa shape index (κ3) is 3.95. The van der Waals surface area contributed by atoms with Crippen molar-refractivity contribution in [2.24, 2.45) is 0 Å². The lowest BCUT2D eigenvalue weighted by Crippen LogP contribution is -2.09. The molecule has 2 aromatic rings. The maximum absolute atomic E-state index is 5.26. The summed E-state index contributed by atoms with van der Waals surface area (Å²) in [6, 6.07) is 15.5. The van der Waals surface area contributed by atoms with Gasteiger partial charge >= 0.3 is 0 Å². The fraction of sp³-hybridized carbons (Fsp3) is 0.455. The monoisotopic (exact) mass is 323 g/mol. The van der Waals surface area contributed by atoms with Crippen molar-refractivity contribution in [3.8, 4) is 11.1 Å². The van der Waals surface area contributed by atoms with Crippen molar-refractivity contribution in [2.75, 3.05) is 0 Å². The molecule has 1 heteroatoms. The van der Waals surface area contributed by atoms with Gasteiger partial charge < -0.3 is 0 Å². The molecule has 1 aliphatic rings. The first kappa shape index (κ1) is 16.5. The Kier molecular flexibility index (Phi) is 5.72. The minimum Gasteiger partial charge on any atom is -0.0801 e. The van der Waals surface area contributed by atoms with E-state index in [1.54, 1.807) is 11.1 Å². The van der Waals surface area contributed by atoms with Crippen molar-refractivity contribution in [1.29, 1.82) is 0 Å². The molecular weight excluding hydrogens is 296 g/mol. The molecule has 0 saturated heterocycles. The molecule has 1 saturated carbocycles. The molecule has 0 spiro atoms. The van der Waals surface area contributed by atoms with E-state index in [9.17, 15) is 0 Å². The molecule has 0 N–H and O–H groups in total. The van der Waals surface area contributed by atoms with E-state index in [1.165, 1.54) is 62.5 Å². The summed E-state index contributed by atoms with van der Waals surface area (Å²) in [5, 5.41) is 0. The van der Waals surface area contributed by atoms with Crippen LogP contribution < -0.4 is 0 Å². The van der Waals surface area contributed by atoms with Crippen molar-refractivity contribution in [2.45, 2.75) is 69.1 Å². The second-order valence-electron chi connectivity index (χ2n) is 6.84. The smallest absolute Gasteiger partial charge is 0.0377 e. The van der Waals surface area contributed by atoms with Crippen molar-refractivity contribution in [1.82, 2.24) is 0 Å². The molecule has 0 aromatic heterocycles. The molecule has 23 heavy (non-hydrogen) atoms. The summed E-state index contributed by atoms with van der Waals surface area (Å²) < 4.78 is 0. The zero-order chi connectivity index (χ0) is 16.1. The van der Waals surface area contributed by atoms with E-state index in [0.29, 0.717) is 0 Å². The van der Waals surface area contributed by atoms with Crippen LogP contribution in [0.15, 0.2) is 47.4 Å². The van der Waals surface area contributed by atoms with Gasteiger partial charge in [-0.25, -0.2) is 0 Å². The zero-order valence-corrected chi connectivity index (χ0v) is 15.0. The van der Waals surface area contributed by atoms with Gasteiger partial charge in [0.15, 0.2) is 0 Å². The molecule has 1 fully saturated rings. The Morgan fingerprint density at radius 3 is 2.39 bits per heavy atom. The third-order valence-electron chi connectivity index (χ3n) is 5.17. The number of hydrogen-bond donors (Lipinski definition) is 0. The Hall–Kier alpha value is -1.34. The van der Waals surface area contributed by atoms with Crippen molar-refractivity contribution >= 4 is 12.6 Å². The summed E-state index contributed by atoms with van der Waals surface area (Å²) >= 11 is 5.26. The highest BCUT2D eigenvalue weighted by molar-refractivity contribution is 7.80. The van der Waals surface area contributed by atoms with Gasteiger partial charge in [0.2, 0.25) is 0 Å². The van der Waals surface area contributed by atoms with Crippen LogP contribution in [-0.4, -0.2) is 0 Å². The zero-order valence-electron chi connectivity index (χ0n) is 14.2. The molecule has 0 amide bonds. The largest absolute Gasteiger partial charge is 0.0801 e. The number of hydrogen-bond acceptors (Lipinski definition) is 0. The standard InChI is InChI=1S/C22H27S/c1-2-3-8-18-11-7-12-21(17-13-15-20(23)16-14-17)22(18)19-9-5-4-6-10-19/h7,11-16,19H,2-6,8-10H2,1H3. The molecule has 0 aliphatic heterocycles. The molecule has 121 valence electrons. The SMILES string of the molecule is CCCCc1cccc(-c2ccc([S])cc2)c1C1CCCCC1. The van der Waals surface area contributed by atoms with Gasteiger partial charge in [-0.05, 0) is 66.0 Å². The van der Waals surface area contributed by atoms with Gasteiger partial charge in [0, 0.05) is 4.90 Å². The van der Waals surface area contributed by atoms with E-state index in [-0.39, 0.29) is 0 Å². The molecule has 0 heterocycles. The van der Waals surface area contributed by atoms with Crippen LogP contribution >= 0.6 is 12.6 Å². The summed E-state index contributed by atoms with van der Waals surface area (Å²) in [7, 11) is 0. The number of unbranched alkanes of at least 4 members (excludes halogenated alkanes) is 1. The summed E-state index contributed by atoms with van der Waals surface area (Å²) in [6.45, 7) is 2.28. The van der Waals surface area contributed by atoms with Crippen LogP contribution in [0.1, 0.15) is 68.9 Å². The molecular formula is C22H27S. The first-order valence-corrected chi connectivity index (χ1v) is 9.59. The highest BCUT2D eigenvalue weighted by Crippen LogP contribution is 2.40. The first-order chi connectivity index (χ1) is 11.3. The van der Waals surface area contributed by atoms with E-state index < -0.39 is 0 Å². The second kappa shape index (κ2) is 7.97. The average Bonchev–Trinajstić information content (AvgIpc) is 2.61. The topological polar surface area (TPSA) is 0 Å². The summed E-state index contributed by atoms with van der Waals surface area (Å²) in [5.41, 5.74) is 5.99. The van der Waals surface area contributed by atoms with Crippen LogP contribution in [-0.2, 0) is 6.42 Å². The fourth-order valence-corrected chi connectivity index (χ4v) is 4.09. The lowest BCUT2D eigenvalue weighted by molar-refractivity contribution is 0.442. The van der Waals surface area contributed by atoms with Crippen LogP contribution in [0.25, 0.3) is 11.1 Å². The van der Waals surface area contributed by atoms with Gasteiger partial charge in [-0.3, -0.25) is 0 Å². The van der Waals surface area contributed by atoms with E-state index >= 15 is 0 Å². The maximum Gasteiger partial charge on any atom is 0.0377 e. The van der Waals surface area contributed by atoms with Crippen molar-refractivity contribution in [3.63, 3.8) is 0 Å². The second-order valence-corrected chi connectivity index (χ2v) is 7.31. The lowest BCUT2D eigenvalue weighted by Gasteiger charge is -2.27. The molecule has 0 nitrogen and oxygen atoms in total. The van der Waals surface area contributed by atoms with Gasteiger partial charge in [0.1, 0.15) is 0 Å². The molecule has 0 bridgehead atoms. The maximum atomic E-state index is 5.26. The molecule has 0 atom stereocenters. The van der Waals surface area contributed by atoms with E-state index in [0.717, 1.165) is 10.8 Å². The number of aryl methyl sites for hydroxylation is 1. The number of rotatable bonds is 5. The normalized spacial score (nSPS) is 15.7. The van der Waals surface area contributed by atoms with Gasteiger partial charge in [0.25, 0.3) is 0 Å². The Morgan fingerprint density at radius 1 is 0.957 bits per heavy atom. The van der Waals surface area contributed by atoms with Crippen LogP contribution in [0.5, 0.6) is 0 Å². The van der Waals surface area contributed by atoms with Crippen LogP contribution in [0.4, 0.5) is 0 Å². The Balaban J connectivity index is 2.04. The minimum atomic E-state index is 0.745. The van der Waals surface area contributed by atoms with Gasteiger partial charge in [-0.2, -0.15) is 0 Å². The van der Waals surface area contributed by atoms with Crippen LogP contribution in [0.2, 0.25) is 0 Å². The van der Waals surface area contributed by atoms with Crippen LogP contribution in [0.3, 0.4) is 0 Å². The highest BCUT2D eigenvalue weighted by Gasteiger charge is 2.21. The van der Waals surface area contributed by atoms with E-state index in [4.69, 9.17) is 12.6 Å². The minimum absolute atomic E-state index is 0.745. The van der Waals surface area contributed by atoms with Gasteiger partial charge in [0.05, 0.1) is 0 Å². The predicted molar refractivity (Wildman–Crippen MR) is 102 cm³/mol. The first-order valence-electron chi connectivity index (χ1n) is 9.19. The molecule has 1 radical (unpaired) electrons. The van der Waals surface area contributed by atoms with Crippen molar-refractivity contribution < 1.29 is 0 Å². The lowest BCUT2D eigenvalue weighted by atomic mass is 9.78. The Bertz CT molecular complexity index is 621. The fourth-order valence-electron chi connectivity index (χ4n) is 3.96. The average molecular weight is 324 g/mol. The summed E-state index contributed by atoms with van der Waals surface area (Å²) in [6.07, 6.45) is 10.7. The molecule has 2 aromatic carbocycles. The summed E-state index contributed by atoms with van der Waals surface area (Å²) in [4.78, 5) is 0.926. The Labute approximate surface area is 146 Å².